The first kappa shape index (κ1) is 55.7. The quantitative estimate of drug-likeness (QED) is 0.0201. The lowest BCUT2D eigenvalue weighted by Crippen LogP contribution is -2.43. The van der Waals surface area contributed by atoms with E-state index in [2.05, 4.69) is 98.2 Å². The monoisotopic (exact) mass is 848 g/mol. The van der Waals surface area contributed by atoms with Gasteiger partial charge in [0.1, 0.15) is 12.7 Å². The summed E-state index contributed by atoms with van der Waals surface area (Å²) < 4.78 is 26.8. The lowest BCUT2D eigenvalue weighted by atomic mass is 10.1. The van der Waals surface area contributed by atoms with Crippen LogP contribution >= 0.6 is 7.82 Å². The SMILES string of the molecule is CC/C=C\C/C=C\C/C=C\C/C=C\C/C=C\C/C=C\CCCCC(=O)NC(COP(=O)(O)OCC(O)COC(=O)CCCCCCC/C=C\CCCCCCC)C(=O)O. The Morgan fingerprint density at radius 1 is 0.559 bits per heavy atom. The van der Waals surface area contributed by atoms with Crippen LogP contribution in [0.2, 0.25) is 0 Å². The number of phosphoric ester groups is 1. The lowest BCUT2D eigenvalue weighted by molar-refractivity contribution is -0.147. The molecule has 59 heavy (non-hydrogen) atoms. The summed E-state index contributed by atoms with van der Waals surface area (Å²) in [4.78, 5) is 45.9. The van der Waals surface area contributed by atoms with Gasteiger partial charge < -0.3 is 25.2 Å². The molecule has 0 spiro atoms. The third kappa shape index (κ3) is 41.2. The van der Waals surface area contributed by atoms with Crippen molar-refractivity contribution in [1.82, 2.24) is 5.32 Å². The summed E-state index contributed by atoms with van der Waals surface area (Å²) in [5, 5.41) is 21.8. The molecule has 0 aliphatic rings. The van der Waals surface area contributed by atoms with Crippen molar-refractivity contribution in [2.24, 2.45) is 0 Å². The number of hydrogen-bond acceptors (Lipinski definition) is 8. The zero-order valence-corrected chi connectivity index (χ0v) is 37.2. The number of carbonyl (C=O) groups excluding carboxylic acids is 2. The van der Waals surface area contributed by atoms with Crippen LogP contribution in [0.25, 0.3) is 0 Å². The van der Waals surface area contributed by atoms with Crippen molar-refractivity contribution in [2.75, 3.05) is 19.8 Å². The van der Waals surface area contributed by atoms with Gasteiger partial charge in [-0.3, -0.25) is 18.6 Å². The molecule has 0 aromatic heterocycles. The van der Waals surface area contributed by atoms with Gasteiger partial charge in [-0.05, 0) is 89.9 Å². The highest BCUT2D eigenvalue weighted by Crippen LogP contribution is 2.43. The minimum Gasteiger partial charge on any atom is -0.480 e. The van der Waals surface area contributed by atoms with Gasteiger partial charge in [-0.15, -0.1) is 0 Å². The molecule has 1 amide bonds. The molecule has 0 fully saturated rings. The molecule has 0 bridgehead atoms. The molecule has 11 nitrogen and oxygen atoms in total. The van der Waals surface area contributed by atoms with Crippen LogP contribution in [0.3, 0.4) is 0 Å². The number of allylic oxidation sites excluding steroid dienone is 14. The highest BCUT2D eigenvalue weighted by Gasteiger charge is 2.28. The Morgan fingerprint density at radius 2 is 0.983 bits per heavy atom. The third-order valence-corrected chi connectivity index (χ3v) is 9.87. The number of hydrogen-bond donors (Lipinski definition) is 4. The van der Waals surface area contributed by atoms with Gasteiger partial charge in [-0.1, -0.05) is 144 Å². The number of ether oxygens (including phenoxy) is 1. The molecule has 0 aliphatic carbocycles. The average Bonchev–Trinajstić information content (AvgIpc) is 3.21. The summed E-state index contributed by atoms with van der Waals surface area (Å²) in [5.74, 6) is -2.46. The lowest BCUT2D eigenvalue weighted by Gasteiger charge is -2.18. The van der Waals surface area contributed by atoms with Gasteiger partial charge in [0.2, 0.25) is 5.91 Å². The number of carboxylic acid groups (broad SMARTS) is 1. The highest BCUT2D eigenvalue weighted by molar-refractivity contribution is 7.47. The van der Waals surface area contributed by atoms with Crippen molar-refractivity contribution in [3.8, 4) is 0 Å². The van der Waals surface area contributed by atoms with Gasteiger partial charge in [0.15, 0.2) is 6.04 Å². The van der Waals surface area contributed by atoms with E-state index in [-0.39, 0.29) is 12.8 Å². The summed E-state index contributed by atoms with van der Waals surface area (Å²) >= 11 is 0. The minimum absolute atomic E-state index is 0.0851. The van der Waals surface area contributed by atoms with E-state index >= 15 is 0 Å². The molecule has 0 aromatic rings. The number of aliphatic hydroxyl groups is 1. The van der Waals surface area contributed by atoms with Crippen LogP contribution in [0.4, 0.5) is 0 Å². The maximum absolute atomic E-state index is 12.3. The number of carbonyl (C=O) groups is 3. The van der Waals surface area contributed by atoms with Crippen LogP contribution in [-0.2, 0) is 32.7 Å². The molecule has 0 radical (unpaired) electrons. The van der Waals surface area contributed by atoms with E-state index in [4.69, 9.17) is 13.8 Å². The normalized spacial score (nSPS) is 14.5. The molecule has 0 heterocycles. The summed E-state index contributed by atoms with van der Waals surface area (Å²) in [5.41, 5.74) is 0. The second-order valence-corrected chi connectivity index (χ2v) is 16.0. The second kappa shape index (κ2) is 41.4. The van der Waals surface area contributed by atoms with Crippen LogP contribution < -0.4 is 5.32 Å². The Kier molecular flexibility index (Phi) is 39.1. The van der Waals surface area contributed by atoms with Crippen molar-refractivity contribution in [1.29, 1.82) is 0 Å². The van der Waals surface area contributed by atoms with Gasteiger partial charge >= 0.3 is 19.8 Å². The standard InChI is InChI=1S/C47H78NO10P/c1-3-5-7-9-11-13-15-17-19-20-21-22-23-24-25-26-28-30-32-34-36-38-45(50)48-44(47(52)53)42-58-59(54,55)57-41-43(49)40-56-46(51)39-37-35-33-31-29-27-18-16-14-12-10-8-6-4-2/h5,7,11,13,16-19,21-22,24-25,28,30,43-44,49H,3-4,6,8-10,12,14-15,20,23,26-27,29,31-42H2,1-2H3,(H,48,50)(H,52,53)(H,54,55)/b7-5-,13-11-,18-16-,19-17-,22-21-,25-24-,30-28-. The van der Waals surface area contributed by atoms with Gasteiger partial charge in [0.05, 0.1) is 13.2 Å². The largest absolute Gasteiger partial charge is 0.480 e. The first-order valence-corrected chi connectivity index (χ1v) is 23.6. The van der Waals surface area contributed by atoms with Crippen molar-refractivity contribution < 1.29 is 47.8 Å². The van der Waals surface area contributed by atoms with Crippen LogP contribution in [0.5, 0.6) is 0 Å². The predicted octanol–water partition coefficient (Wildman–Crippen LogP) is 11.5. The summed E-state index contributed by atoms with van der Waals surface area (Å²) in [6, 6.07) is -1.58. The number of unbranched alkanes of at least 4 members (excludes halogenated alkanes) is 12. The van der Waals surface area contributed by atoms with Gasteiger partial charge in [0, 0.05) is 12.8 Å². The van der Waals surface area contributed by atoms with E-state index in [0.717, 1.165) is 89.9 Å². The Balaban J connectivity index is 4.02. The molecule has 3 atom stereocenters. The van der Waals surface area contributed by atoms with Crippen molar-refractivity contribution in [2.45, 2.75) is 174 Å². The Hall–Kier alpha value is -3.34. The maximum Gasteiger partial charge on any atom is 0.472 e. The summed E-state index contributed by atoms with van der Waals surface area (Å²) in [6.45, 7) is 2.41. The Morgan fingerprint density at radius 3 is 1.51 bits per heavy atom. The number of nitrogens with one attached hydrogen (secondary N) is 1. The minimum atomic E-state index is -4.78. The molecule has 0 aromatic carbocycles. The van der Waals surface area contributed by atoms with Crippen LogP contribution in [0, 0.1) is 0 Å². The van der Waals surface area contributed by atoms with Crippen molar-refractivity contribution in [3.05, 3.63) is 85.1 Å². The number of aliphatic carboxylic acids is 1. The molecule has 0 aliphatic heterocycles. The van der Waals surface area contributed by atoms with E-state index < -0.39 is 57.6 Å². The first-order chi connectivity index (χ1) is 28.6. The molecule has 12 heteroatoms. The fraction of sp³-hybridized carbons (Fsp3) is 0.638. The molecule has 4 N–H and O–H groups in total. The number of aliphatic hydroxyl groups excluding tert-OH is 1. The Bertz CT molecular complexity index is 1320. The van der Waals surface area contributed by atoms with Crippen LogP contribution in [0.15, 0.2) is 85.1 Å². The molecular weight excluding hydrogens is 769 g/mol. The molecule has 3 unspecified atom stereocenters. The van der Waals surface area contributed by atoms with Gasteiger partial charge in [-0.25, -0.2) is 9.36 Å². The average molecular weight is 848 g/mol. The van der Waals surface area contributed by atoms with E-state index in [0.29, 0.717) is 12.8 Å². The van der Waals surface area contributed by atoms with Crippen molar-refractivity contribution in [3.63, 3.8) is 0 Å². The summed E-state index contributed by atoms with van der Waals surface area (Å²) in [7, 11) is -4.78. The topological polar surface area (TPSA) is 169 Å². The van der Waals surface area contributed by atoms with E-state index in [1.807, 2.05) is 6.08 Å². The second-order valence-electron chi connectivity index (χ2n) is 14.5. The Labute approximate surface area is 356 Å². The van der Waals surface area contributed by atoms with E-state index in [1.165, 1.54) is 32.1 Å². The molecular formula is C47H78NO10P. The number of esters is 1. The molecule has 0 saturated carbocycles. The predicted molar refractivity (Wildman–Crippen MR) is 240 cm³/mol. The van der Waals surface area contributed by atoms with Gasteiger partial charge in [-0.2, -0.15) is 0 Å². The zero-order chi connectivity index (χ0) is 43.5. The first-order valence-electron chi connectivity index (χ1n) is 22.1. The van der Waals surface area contributed by atoms with Gasteiger partial charge in [0.25, 0.3) is 0 Å². The fourth-order valence-electron chi connectivity index (χ4n) is 5.49. The molecule has 0 rings (SSSR count). The van der Waals surface area contributed by atoms with E-state index in [9.17, 15) is 34.1 Å². The number of carboxylic acids is 1. The third-order valence-electron chi connectivity index (χ3n) is 8.92. The molecule has 336 valence electrons. The molecule has 0 saturated heterocycles. The van der Waals surface area contributed by atoms with E-state index in [1.54, 1.807) is 0 Å². The van der Waals surface area contributed by atoms with Crippen LogP contribution in [0.1, 0.15) is 162 Å². The smallest absolute Gasteiger partial charge is 0.472 e. The van der Waals surface area contributed by atoms with Crippen LogP contribution in [-0.4, -0.2) is 64.9 Å². The number of phosphoric acid groups is 1. The summed E-state index contributed by atoms with van der Waals surface area (Å²) in [6.07, 6.45) is 50.4. The van der Waals surface area contributed by atoms with Crippen molar-refractivity contribution >= 4 is 25.7 Å². The number of rotatable bonds is 40. The number of amides is 1. The zero-order valence-electron chi connectivity index (χ0n) is 36.3. The maximum atomic E-state index is 12.3. The fourth-order valence-corrected chi connectivity index (χ4v) is 6.26. The highest BCUT2D eigenvalue weighted by atomic mass is 31.2.